The molecule has 5 nitrogen and oxygen atoms in total. The van der Waals surface area contributed by atoms with Gasteiger partial charge in [-0.15, -0.1) is 0 Å². The summed E-state index contributed by atoms with van der Waals surface area (Å²) in [4.78, 5) is 3.67. The molecule has 1 aromatic heterocycles. The molecule has 0 aliphatic rings. The van der Waals surface area contributed by atoms with E-state index in [0.29, 0.717) is 10.2 Å². The van der Waals surface area contributed by atoms with Crippen LogP contribution in [0.25, 0.3) is 0 Å². The van der Waals surface area contributed by atoms with Gasteiger partial charge in [0.05, 0.1) is 21.3 Å². The van der Waals surface area contributed by atoms with Crippen LogP contribution in [0.3, 0.4) is 0 Å². The zero-order valence-electron chi connectivity index (χ0n) is 9.47. The molecule has 1 heterocycles. The molecule has 0 radical (unpaired) electrons. The first-order valence-corrected chi connectivity index (χ1v) is 7.35. The molecule has 0 amide bonds. The van der Waals surface area contributed by atoms with Crippen LogP contribution in [0.4, 0.5) is 15.9 Å². The van der Waals surface area contributed by atoms with E-state index in [-0.39, 0.29) is 10.7 Å². The summed E-state index contributed by atoms with van der Waals surface area (Å²) in [5, 5.41) is 0. The van der Waals surface area contributed by atoms with Crippen molar-refractivity contribution in [2.45, 2.75) is 4.90 Å². The van der Waals surface area contributed by atoms with E-state index < -0.39 is 15.8 Å². The highest BCUT2D eigenvalue weighted by Crippen LogP contribution is 2.24. The van der Waals surface area contributed by atoms with Crippen LogP contribution in [-0.4, -0.2) is 13.4 Å². The highest BCUT2D eigenvalue weighted by molar-refractivity contribution is 9.10. The number of rotatable bonds is 3. The zero-order chi connectivity index (χ0) is 14.0. The van der Waals surface area contributed by atoms with Gasteiger partial charge in [-0.2, -0.15) is 0 Å². The first-order valence-electron chi connectivity index (χ1n) is 5.08. The summed E-state index contributed by atoms with van der Waals surface area (Å²) in [6.45, 7) is 0. The Morgan fingerprint density at radius 2 is 2.05 bits per heavy atom. The molecule has 0 aliphatic heterocycles. The van der Waals surface area contributed by atoms with E-state index in [9.17, 15) is 12.8 Å². The summed E-state index contributed by atoms with van der Waals surface area (Å²) >= 11 is 3.14. The summed E-state index contributed by atoms with van der Waals surface area (Å²) in [7, 11) is -3.89. The molecule has 8 heteroatoms. The number of hydrogen-bond acceptors (Lipinski definition) is 4. The fourth-order valence-corrected chi connectivity index (χ4v) is 3.01. The molecular weight excluding hydrogens is 337 g/mol. The van der Waals surface area contributed by atoms with E-state index in [4.69, 9.17) is 5.73 Å². The standard InChI is InChI=1S/C11H9BrFN3O2S/c12-10-5-8(14)6-15-11(10)16-19(17,18)9-3-1-2-7(13)4-9/h1-6H,14H2,(H,15,16). The SMILES string of the molecule is Nc1cnc(NS(=O)(=O)c2cccc(F)c2)c(Br)c1. The van der Waals surface area contributed by atoms with Crippen molar-refractivity contribution in [1.82, 2.24) is 4.98 Å². The molecule has 2 rings (SSSR count). The number of nitrogen functional groups attached to an aromatic ring is 1. The molecule has 0 atom stereocenters. The van der Waals surface area contributed by atoms with Crippen LogP contribution in [0.15, 0.2) is 45.9 Å². The van der Waals surface area contributed by atoms with Gasteiger partial charge < -0.3 is 5.73 Å². The van der Waals surface area contributed by atoms with Gasteiger partial charge in [-0.05, 0) is 40.2 Å². The lowest BCUT2D eigenvalue weighted by atomic mass is 10.4. The third-order valence-electron chi connectivity index (χ3n) is 2.20. The number of sulfonamides is 1. The average molecular weight is 346 g/mol. The Morgan fingerprint density at radius 1 is 1.32 bits per heavy atom. The number of halogens is 2. The van der Waals surface area contributed by atoms with Gasteiger partial charge in [0, 0.05) is 0 Å². The van der Waals surface area contributed by atoms with Gasteiger partial charge in [0.2, 0.25) is 0 Å². The van der Waals surface area contributed by atoms with Crippen molar-refractivity contribution in [3.63, 3.8) is 0 Å². The highest BCUT2D eigenvalue weighted by atomic mass is 79.9. The van der Waals surface area contributed by atoms with Gasteiger partial charge in [0.1, 0.15) is 5.82 Å². The summed E-state index contributed by atoms with van der Waals surface area (Å²) < 4.78 is 39.7. The second kappa shape index (κ2) is 5.14. The number of nitrogens with one attached hydrogen (secondary N) is 1. The highest BCUT2D eigenvalue weighted by Gasteiger charge is 2.17. The van der Waals surface area contributed by atoms with Crippen molar-refractivity contribution in [3.05, 3.63) is 46.8 Å². The molecule has 0 spiro atoms. The van der Waals surface area contributed by atoms with Crippen molar-refractivity contribution in [2.24, 2.45) is 0 Å². The average Bonchev–Trinajstić information content (AvgIpc) is 2.33. The molecule has 0 bridgehead atoms. The second-order valence-electron chi connectivity index (χ2n) is 3.66. The van der Waals surface area contributed by atoms with Crippen LogP contribution in [0, 0.1) is 5.82 Å². The van der Waals surface area contributed by atoms with E-state index in [1.54, 1.807) is 0 Å². The lowest BCUT2D eigenvalue weighted by Crippen LogP contribution is -2.14. The molecule has 0 saturated heterocycles. The minimum Gasteiger partial charge on any atom is -0.397 e. The smallest absolute Gasteiger partial charge is 0.263 e. The molecular formula is C11H9BrFN3O2S. The largest absolute Gasteiger partial charge is 0.397 e. The maximum atomic E-state index is 13.0. The van der Waals surface area contributed by atoms with Crippen LogP contribution in [0.5, 0.6) is 0 Å². The maximum Gasteiger partial charge on any atom is 0.263 e. The minimum absolute atomic E-state index is 0.0819. The first kappa shape index (κ1) is 13.8. The monoisotopic (exact) mass is 345 g/mol. The van der Waals surface area contributed by atoms with E-state index in [0.717, 1.165) is 12.1 Å². The Labute approximate surface area is 117 Å². The Bertz CT molecular complexity index is 722. The number of pyridine rings is 1. The van der Waals surface area contributed by atoms with Crippen molar-refractivity contribution >= 4 is 37.5 Å². The summed E-state index contributed by atoms with van der Waals surface area (Å²) in [5.74, 6) is -0.550. The van der Waals surface area contributed by atoms with Crippen LogP contribution in [0.2, 0.25) is 0 Å². The van der Waals surface area contributed by atoms with Crippen LogP contribution >= 0.6 is 15.9 Å². The molecule has 2 aromatic rings. The second-order valence-corrected chi connectivity index (χ2v) is 6.20. The zero-order valence-corrected chi connectivity index (χ0v) is 11.9. The fraction of sp³-hybridized carbons (Fsp3) is 0. The lowest BCUT2D eigenvalue weighted by Gasteiger charge is -2.09. The molecule has 0 fully saturated rings. The van der Waals surface area contributed by atoms with E-state index >= 15 is 0 Å². The number of nitrogens with zero attached hydrogens (tertiary/aromatic N) is 1. The summed E-state index contributed by atoms with van der Waals surface area (Å²) in [5.41, 5.74) is 5.89. The van der Waals surface area contributed by atoms with Gasteiger partial charge in [-0.25, -0.2) is 17.8 Å². The van der Waals surface area contributed by atoms with Crippen LogP contribution < -0.4 is 10.5 Å². The predicted octanol–water partition coefficient (Wildman–Crippen LogP) is 2.37. The Kier molecular flexibility index (Phi) is 3.72. The quantitative estimate of drug-likeness (QED) is 0.894. The number of hydrogen-bond donors (Lipinski definition) is 2. The van der Waals surface area contributed by atoms with Gasteiger partial charge in [0.15, 0.2) is 5.82 Å². The van der Waals surface area contributed by atoms with Gasteiger partial charge in [-0.1, -0.05) is 6.07 Å². The number of aromatic nitrogens is 1. The van der Waals surface area contributed by atoms with Gasteiger partial charge in [-0.3, -0.25) is 4.72 Å². The van der Waals surface area contributed by atoms with E-state index in [1.807, 2.05) is 0 Å². The van der Waals surface area contributed by atoms with Crippen molar-refractivity contribution in [1.29, 1.82) is 0 Å². The predicted molar refractivity (Wildman–Crippen MR) is 73.6 cm³/mol. The number of anilines is 2. The topological polar surface area (TPSA) is 85.1 Å². The number of nitrogens with two attached hydrogens (primary N) is 1. The molecule has 0 unspecified atom stereocenters. The molecule has 100 valence electrons. The fourth-order valence-electron chi connectivity index (χ4n) is 1.35. The van der Waals surface area contributed by atoms with E-state index in [1.165, 1.54) is 24.4 Å². The molecule has 19 heavy (non-hydrogen) atoms. The van der Waals surface area contributed by atoms with Crippen molar-refractivity contribution in [3.8, 4) is 0 Å². The lowest BCUT2D eigenvalue weighted by molar-refractivity contribution is 0.595. The third kappa shape index (κ3) is 3.21. The van der Waals surface area contributed by atoms with Gasteiger partial charge in [0.25, 0.3) is 10.0 Å². The molecule has 1 aromatic carbocycles. The summed E-state index contributed by atoms with van der Waals surface area (Å²) in [6.07, 6.45) is 1.31. The van der Waals surface area contributed by atoms with Crippen molar-refractivity contribution in [2.75, 3.05) is 10.5 Å². The number of benzene rings is 1. The Morgan fingerprint density at radius 3 is 2.68 bits per heavy atom. The minimum atomic E-state index is -3.89. The third-order valence-corrected chi connectivity index (χ3v) is 4.14. The Hall–Kier alpha value is -1.67. The maximum absolute atomic E-state index is 13.0. The van der Waals surface area contributed by atoms with Crippen molar-refractivity contribution < 1.29 is 12.8 Å². The van der Waals surface area contributed by atoms with Gasteiger partial charge >= 0.3 is 0 Å². The summed E-state index contributed by atoms with van der Waals surface area (Å²) in [6, 6.07) is 6.20. The molecule has 0 aliphatic carbocycles. The van der Waals surface area contributed by atoms with Crippen LogP contribution in [-0.2, 0) is 10.0 Å². The first-order chi connectivity index (χ1) is 8.88. The normalized spacial score (nSPS) is 11.3. The van der Waals surface area contributed by atoms with Crippen LogP contribution in [0.1, 0.15) is 0 Å². The van der Waals surface area contributed by atoms with E-state index in [2.05, 4.69) is 25.6 Å². The molecule has 3 N–H and O–H groups in total. The molecule has 0 saturated carbocycles. The Balaban J connectivity index is 2.36.